The molecule has 3 heteroatoms. The number of methoxy groups -OCH3 is 2. The summed E-state index contributed by atoms with van der Waals surface area (Å²) in [7, 11) is 2.87. The third kappa shape index (κ3) is 3.25. The van der Waals surface area contributed by atoms with E-state index in [1.165, 1.54) is 14.2 Å². The first-order valence-electron chi connectivity index (χ1n) is 2.96. The third-order valence-electron chi connectivity index (χ3n) is 1.16. The molecule has 1 atom stereocenters. The molecule has 0 aromatic rings. The van der Waals surface area contributed by atoms with Crippen molar-refractivity contribution in [3.05, 3.63) is 12.7 Å². The number of ether oxygens (including phenoxy) is 2. The molecule has 1 unspecified atom stereocenters. The second-order valence-corrected chi connectivity index (χ2v) is 1.79. The van der Waals surface area contributed by atoms with Crippen LogP contribution in [0.2, 0.25) is 0 Å². The van der Waals surface area contributed by atoms with Crippen molar-refractivity contribution in [2.45, 2.75) is 12.5 Å². The van der Waals surface area contributed by atoms with Crippen LogP contribution in [-0.2, 0) is 14.3 Å². The molecule has 0 aliphatic heterocycles. The molecule has 0 saturated carbocycles. The van der Waals surface area contributed by atoms with E-state index < -0.39 is 0 Å². The smallest absolute Gasteiger partial charge is 0.308 e. The van der Waals surface area contributed by atoms with Gasteiger partial charge in [-0.2, -0.15) is 0 Å². The number of esters is 1. The Balaban J connectivity index is 3.62. The number of carbonyl (C=O) groups excluding carboxylic acids is 1. The number of hydrogen-bond donors (Lipinski definition) is 0. The van der Waals surface area contributed by atoms with Crippen molar-refractivity contribution >= 4 is 5.97 Å². The molecule has 3 nitrogen and oxygen atoms in total. The molecule has 0 spiro atoms. The van der Waals surface area contributed by atoms with Gasteiger partial charge in [0.25, 0.3) is 0 Å². The largest absolute Gasteiger partial charge is 0.469 e. The summed E-state index contributed by atoms with van der Waals surface area (Å²) in [4.78, 5) is 10.6. The van der Waals surface area contributed by atoms with Gasteiger partial charge in [0.2, 0.25) is 0 Å². The molecule has 0 aromatic heterocycles. The molecule has 0 fully saturated rings. The van der Waals surface area contributed by atoms with Crippen LogP contribution in [0.25, 0.3) is 0 Å². The predicted octanol–water partition coefficient (Wildman–Crippen LogP) is 0.750. The minimum atomic E-state index is -0.285. The highest BCUT2D eigenvalue weighted by Crippen LogP contribution is 1.98. The second-order valence-electron chi connectivity index (χ2n) is 1.79. The van der Waals surface area contributed by atoms with Crippen molar-refractivity contribution < 1.29 is 14.3 Å². The van der Waals surface area contributed by atoms with Crippen LogP contribution < -0.4 is 0 Å². The highest BCUT2D eigenvalue weighted by molar-refractivity contribution is 5.70. The van der Waals surface area contributed by atoms with Crippen molar-refractivity contribution in [3.8, 4) is 0 Å². The Hall–Kier alpha value is -0.830. The van der Waals surface area contributed by atoms with Gasteiger partial charge in [-0.25, -0.2) is 0 Å². The highest BCUT2D eigenvalue weighted by Gasteiger charge is 2.08. The lowest BCUT2D eigenvalue weighted by molar-refractivity contribution is -0.142. The van der Waals surface area contributed by atoms with Crippen LogP contribution in [0.4, 0.5) is 0 Å². The van der Waals surface area contributed by atoms with Crippen LogP contribution >= 0.6 is 0 Å². The predicted molar refractivity (Wildman–Crippen MR) is 37.6 cm³/mol. The quantitative estimate of drug-likeness (QED) is 0.431. The fourth-order valence-corrected chi connectivity index (χ4v) is 0.510. The minimum Gasteiger partial charge on any atom is -0.469 e. The van der Waals surface area contributed by atoms with Gasteiger partial charge in [0.15, 0.2) is 0 Å². The second kappa shape index (κ2) is 4.99. The van der Waals surface area contributed by atoms with Crippen LogP contribution in [0.15, 0.2) is 12.7 Å². The summed E-state index contributed by atoms with van der Waals surface area (Å²) in [6.45, 7) is 3.49. The van der Waals surface area contributed by atoms with Crippen LogP contribution in [-0.4, -0.2) is 26.3 Å². The van der Waals surface area contributed by atoms with Crippen molar-refractivity contribution in [2.75, 3.05) is 14.2 Å². The summed E-state index contributed by atoms with van der Waals surface area (Å²) in [5, 5.41) is 0. The topological polar surface area (TPSA) is 35.5 Å². The molecule has 58 valence electrons. The molecule has 0 aliphatic carbocycles. The first-order valence-corrected chi connectivity index (χ1v) is 2.96. The fourth-order valence-electron chi connectivity index (χ4n) is 0.510. The normalized spacial score (nSPS) is 12.2. The van der Waals surface area contributed by atoms with E-state index in [4.69, 9.17) is 4.74 Å². The first kappa shape index (κ1) is 9.17. The summed E-state index contributed by atoms with van der Waals surface area (Å²) in [6, 6.07) is 0. The maximum absolute atomic E-state index is 10.6. The Kier molecular flexibility index (Phi) is 4.58. The third-order valence-corrected chi connectivity index (χ3v) is 1.16. The zero-order chi connectivity index (χ0) is 7.98. The summed E-state index contributed by atoms with van der Waals surface area (Å²) < 4.78 is 9.27. The van der Waals surface area contributed by atoms with Gasteiger partial charge in [0.1, 0.15) is 0 Å². The average Bonchev–Trinajstić information content (AvgIpc) is 1.99. The molecule has 0 rings (SSSR count). The van der Waals surface area contributed by atoms with E-state index in [1.54, 1.807) is 6.08 Å². The maximum atomic E-state index is 10.6. The zero-order valence-corrected chi connectivity index (χ0v) is 6.29. The van der Waals surface area contributed by atoms with Gasteiger partial charge in [-0.3, -0.25) is 4.79 Å². The summed E-state index contributed by atoms with van der Waals surface area (Å²) in [5.74, 6) is -0.285. The monoisotopic (exact) mass is 144 g/mol. The Morgan fingerprint density at radius 1 is 1.70 bits per heavy atom. The Bertz CT molecular complexity index is 120. The van der Waals surface area contributed by atoms with E-state index in [-0.39, 0.29) is 18.5 Å². The zero-order valence-electron chi connectivity index (χ0n) is 6.29. The van der Waals surface area contributed by atoms with Crippen molar-refractivity contribution in [1.29, 1.82) is 0 Å². The van der Waals surface area contributed by atoms with E-state index in [2.05, 4.69) is 11.3 Å². The van der Waals surface area contributed by atoms with E-state index in [0.29, 0.717) is 0 Å². The molecule has 0 heterocycles. The van der Waals surface area contributed by atoms with Gasteiger partial charge in [-0.1, -0.05) is 6.08 Å². The molecule has 10 heavy (non-hydrogen) atoms. The summed E-state index contributed by atoms with van der Waals surface area (Å²) in [5.41, 5.74) is 0. The molecule has 0 saturated heterocycles. The highest BCUT2D eigenvalue weighted by atomic mass is 16.5. The molecule has 0 amide bonds. The number of rotatable bonds is 4. The van der Waals surface area contributed by atoms with Crippen LogP contribution in [0.5, 0.6) is 0 Å². The van der Waals surface area contributed by atoms with Gasteiger partial charge >= 0.3 is 5.97 Å². The van der Waals surface area contributed by atoms with Crippen molar-refractivity contribution in [3.63, 3.8) is 0 Å². The Morgan fingerprint density at radius 2 is 2.30 bits per heavy atom. The molecular weight excluding hydrogens is 132 g/mol. The van der Waals surface area contributed by atoms with Gasteiger partial charge in [-0.05, 0) is 0 Å². The van der Waals surface area contributed by atoms with Gasteiger partial charge in [0.05, 0.1) is 19.6 Å². The van der Waals surface area contributed by atoms with Crippen LogP contribution in [0, 0.1) is 0 Å². The fraction of sp³-hybridized carbons (Fsp3) is 0.571. The van der Waals surface area contributed by atoms with E-state index in [9.17, 15) is 4.79 Å². The lowest BCUT2D eigenvalue weighted by atomic mass is 10.2. The van der Waals surface area contributed by atoms with E-state index in [1.807, 2.05) is 0 Å². The van der Waals surface area contributed by atoms with Gasteiger partial charge in [-0.15, -0.1) is 6.58 Å². The van der Waals surface area contributed by atoms with E-state index >= 15 is 0 Å². The van der Waals surface area contributed by atoms with Gasteiger partial charge < -0.3 is 9.47 Å². The van der Waals surface area contributed by atoms with Crippen LogP contribution in [0.3, 0.4) is 0 Å². The molecule has 0 aromatic carbocycles. The molecule has 0 N–H and O–H groups in total. The van der Waals surface area contributed by atoms with Crippen molar-refractivity contribution in [2.24, 2.45) is 0 Å². The van der Waals surface area contributed by atoms with Crippen LogP contribution in [0.1, 0.15) is 6.42 Å². The molecule has 0 aliphatic rings. The lowest BCUT2D eigenvalue weighted by Crippen LogP contribution is -2.14. The first-order chi connectivity index (χ1) is 4.74. The molecule has 0 bridgehead atoms. The lowest BCUT2D eigenvalue weighted by Gasteiger charge is -2.07. The average molecular weight is 144 g/mol. The number of carbonyl (C=O) groups is 1. The minimum absolute atomic E-state index is 0.229. The summed E-state index contributed by atoms with van der Waals surface area (Å²) >= 11 is 0. The Labute approximate surface area is 60.6 Å². The van der Waals surface area contributed by atoms with Gasteiger partial charge in [0, 0.05) is 7.11 Å². The van der Waals surface area contributed by atoms with E-state index in [0.717, 1.165) is 0 Å². The number of hydrogen-bond acceptors (Lipinski definition) is 3. The molecular formula is C7H12O3. The standard InChI is InChI=1S/C7H12O3/c1-4-6(9-2)5-7(8)10-3/h4,6H,1,5H2,2-3H3. The molecule has 0 radical (unpaired) electrons. The Morgan fingerprint density at radius 3 is 2.60 bits per heavy atom. The summed E-state index contributed by atoms with van der Waals surface area (Å²) in [6.07, 6.45) is 1.57. The SMILES string of the molecule is C=CC(CC(=O)OC)OC. The van der Waals surface area contributed by atoms with Crippen molar-refractivity contribution in [1.82, 2.24) is 0 Å². The maximum Gasteiger partial charge on any atom is 0.308 e.